The Morgan fingerprint density at radius 3 is 1.06 bits per heavy atom. The fourth-order valence-electron chi connectivity index (χ4n) is 3.45. The molecule has 106 valence electrons. The minimum absolute atomic E-state index is 0.342. The van der Waals surface area contributed by atoms with Gasteiger partial charge in [-0.25, -0.2) is 0 Å². The first kappa shape index (κ1) is 17.4. The summed E-state index contributed by atoms with van der Waals surface area (Å²) >= 11 is 0. The van der Waals surface area contributed by atoms with E-state index in [-0.39, 0.29) is 0 Å². The fraction of sp³-hybridized carbons (Fsp3) is 0.933. The summed E-state index contributed by atoms with van der Waals surface area (Å²) in [6.45, 7) is 19.3. The number of hydrogen-bond donors (Lipinski definition) is 0. The molecule has 0 bridgehead atoms. The van der Waals surface area contributed by atoms with Crippen LogP contribution in [0.25, 0.3) is 0 Å². The standard InChI is InChI=1S/C15H31N3/c1-11(2)17(12(3)4)15(9,10-16)18(13(5)6)14(7)8/h11-14H,1-9H3. The molecule has 0 fully saturated rings. The van der Waals surface area contributed by atoms with Gasteiger partial charge in [0.05, 0.1) is 0 Å². The number of hydrogen-bond acceptors (Lipinski definition) is 3. The lowest BCUT2D eigenvalue weighted by Crippen LogP contribution is -2.65. The zero-order valence-corrected chi connectivity index (χ0v) is 13.7. The van der Waals surface area contributed by atoms with Crippen LogP contribution in [0, 0.1) is 11.3 Å². The van der Waals surface area contributed by atoms with E-state index in [2.05, 4.69) is 71.3 Å². The van der Waals surface area contributed by atoms with Crippen molar-refractivity contribution >= 4 is 0 Å². The van der Waals surface area contributed by atoms with Crippen LogP contribution in [-0.2, 0) is 0 Å². The van der Waals surface area contributed by atoms with Gasteiger partial charge in [-0.1, -0.05) is 0 Å². The van der Waals surface area contributed by atoms with Crippen LogP contribution < -0.4 is 0 Å². The summed E-state index contributed by atoms with van der Waals surface area (Å²) < 4.78 is 0. The molecule has 3 heteroatoms. The molecule has 0 aliphatic heterocycles. The normalized spacial score (nSPS) is 13.4. The summed E-state index contributed by atoms with van der Waals surface area (Å²) in [5.41, 5.74) is -0.565. The molecular weight excluding hydrogens is 222 g/mol. The third-order valence-corrected chi connectivity index (χ3v) is 3.44. The van der Waals surface area contributed by atoms with E-state index in [4.69, 9.17) is 0 Å². The summed E-state index contributed by atoms with van der Waals surface area (Å²) in [4.78, 5) is 4.60. The monoisotopic (exact) mass is 253 g/mol. The van der Waals surface area contributed by atoms with Crippen LogP contribution in [0.1, 0.15) is 62.3 Å². The van der Waals surface area contributed by atoms with Crippen LogP contribution in [-0.4, -0.2) is 39.6 Å². The summed E-state index contributed by atoms with van der Waals surface area (Å²) in [6.07, 6.45) is 0. The average molecular weight is 253 g/mol. The molecule has 0 heterocycles. The molecule has 0 atom stereocenters. The molecule has 0 rings (SSSR count). The number of rotatable bonds is 6. The molecule has 0 aromatic heterocycles. The van der Waals surface area contributed by atoms with Crippen LogP contribution in [0.4, 0.5) is 0 Å². The molecule has 0 aromatic carbocycles. The van der Waals surface area contributed by atoms with E-state index >= 15 is 0 Å². The van der Waals surface area contributed by atoms with Gasteiger partial charge in [0.2, 0.25) is 0 Å². The number of nitrogens with zero attached hydrogens (tertiary/aromatic N) is 3. The van der Waals surface area contributed by atoms with Crippen molar-refractivity contribution in [3.63, 3.8) is 0 Å². The Kier molecular flexibility index (Phi) is 6.33. The maximum atomic E-state index is 9.79. The Balaban J connectivity index is 5.63. The molecule has 0 N–H and O–H groups in total. The summed E-state index contributed by atoms with van der Waals surface area (Å²) in [5, 5.41) is 9.79. The SMILES string of the molecule is CC(C)N(C(C)C)C(C)(C#N)N(C(C)C)C(C)C. The summed E-state index contributed by atoms with van der Waals surface area (Å²) in [6, 6.07) is 3.92. The molecule has 18 heavy (non-hydrogen) atoms. The molecule has 0 saturated carbocycles. The molecule has 0 saturated heterocycles. The molecule has 0 amide bonds. The van der Waals surface area contributed by atoms with Crippen molar-refractivity contribution in [1.82, 2.24) is 9.80 Å². The van der Waals surface area contributed by atoms with Gasteiger partial charge in [0.1, 0.15) is 6.07 Å². The Hall–Kier alpha value is -0.590. The maximum Gasteiger partial charge on any atom is 0.161 e. The van der Waals surface area contributed by atoms with Crippen molar-refractivity contribution in [1.29, 1.82) is 5.26 Å². The van der Waals surface area contributed by atoms with Gasteiger partial charge in [-0.15, -0.1) is 0 Å². The first-order chi connectivity index (χ1) is 8.09. The van der Waals surface area contributed by atoms with Gasteiger partial charge < -0.3 is 0 Å². The molecule has 0 unspecified atom stereocenters. The second kappa shape index (κ2) is 6.54. The van der Waals surface area contributed by atoms with Crippen LogP contribution in [0.2, 0.25) is 0 Å². The lowest BCUT2D eigenvalue weighted by Gasteiger charge is -2.51. The fourth-order valence-corrected chi connectivity index (χ4v) is 3.45. The zero-order valence-electron chi connectivity index (χ0n) is 13.7. The number of nitriles is 1. The van der Waals surface area contributed by atoms with Crippen LogP contribution in [0.15, 0.2) is 0 Å². The highest BCUT2D eigenvalue weighted by Gasteiger charge is 2.43. The summed E-state index contributed by atoms with van der Waals surface area (Å²) in [5.74, 6) is 0. The quantitative estimate of drug-likeness (QED) is 0.679. The lowest BCUT2D eigenvalue weighted by atomic mass is 10.0. The molecule has 0 aliphatic rings. The predicted molar refractivity (Wildman–Crippen MR) is 78.2 cm³/mol. The molecule has 0 radical (unpaired) electrons. The van der Waals surface area contributed by atoms with Gasteiger partial charge >= 0.3 is 0 Å². The predicted octanol–water partition coefficient (Wildman–Crippen LogP) is 3.46. The lowest BCUT2D eigenvalue weighted by molar-refractivity contribution is -0.0732. The first-order valence-electron chi connectivity index (χ1n) is 7.07. The third-order valence-electron chi connectivity index (χ3n) is 3.44. The smallest absolute Gasteiger partial charge is 0.161 e. The van der Waals surface area contributed by atoms with E-state index in [1.54, 1.807) is 0 Å². The minimum atomic E-state index is -0.565. The van der Waals surface area contributed by atoms with Crippen LogP contribution in [0.5, 0.6) is 0 Å². The first-order valence-corrected chi connectivity index (χ1v) is 7.07. The maximum absolute atomic E-state index is 9.79. The van der Waals surface area contributed by atoms with Gasteiger partial charge in [0.25, 0.3) is 0 Å². The third kappa shape index (κ3) is 3.46. The highest BCUT2D eigenvalue weighted by Crippen LogP contribution is 2.29. The molecule has 0 aromatic rings. The average Bonchev–Trinajstić information content (AvgIpc) is 2.14. The van der Waals surface area contributed by atoms with Gasteiger partial charge in [-0.2, -0.15) is 5.26 Å². The summed E-state index contributed by atoms with van der Waals surface area (Å²) in [7, 11) is 0. The Labute approximate surface area is 114 Å². The van der Waals surface area contributed by atoms with Crippen molar-refractivity contribution in [2.24, 2.45) is 0 Å². The van der Waals surface area contributed by atoms with E-state index < -0.39 is 5.66 Å². The van der Waals surface area contributed by atoms with Crippen molar-refractivity contribution in [2.45, 2.75) is 92.1 Å². The van der Waals surface area contributed by atoms with Crippen molar-refractivity contribution in [3.05, 3.63) is 0 Å². The van der Waals surface area contributed by atoms with E-state index in [0.717, 1.165) is 0 Å². The van der Waals surface area contributed by atoms with Crippen LogP contribution in [0.3, 0.4) is 0 Å². The van der Waals surface area contributed by atoms with E-state index in [9.17, 15) is 5.26 Å². The van der Waals surface area contributed by atoms with Crippen molar-refractivity contribution in [3.8, 4) is 6.07 Å². The minimum Gasteiger partial charge on any atom is -0.269 e. The zero-order chi connectivity index (χ0) is 14.7. The molecule has 0 spiro atoms. The van der Waals surface area contributed by atoms with Gasteiger partial charge in [0, 0.05) is 24.2 Å². The van der Waals surface area contributed by atoms with E-state index in [1.165, 1.54) is 0 Å². The van der Waals surface area contributed by atoms with Crippen LogP contribution >= 0.6 is 0 Å². The van der Waals surface area contributed by atoms with E-state index in [1.807, 2.05) is 6.92 Å². The van der Waals surface area contributed by atoms with Gasteiger partial charge in [-0.05, 0) is 62.3 Å². The largest absolute Gasteiger partial charge is 0.269 e. The molecular formula is C15H31N3. The van der Waals surface area contributed by atoms with E-state index in [0.29, 0.717) is 24.2 Å². The second-order valence-electron chi connectivity index (χ2n) is 6.32. The van der Waals surface area contributed by atoms with Crippen molar-refractivity contribution in [2.75, 3.05) is 0 Å². The van der Waals surface area contributed by atoms with Gasteiger partial charge in [0.15, 0.2) is 5.66 Å². The Morgan fingerprint density at radius 2 is 0.944 bits per heavy atom. The van der Waals surface area contributed by atoms with Crippen molar-refractivity contribution < 1.29 is 0 Å². The van der Waals surface area contributed by atoms with Gasteiger partial charge in [-0.3, -0.25) is 9.80 Å². The molecule has 0 aliphatic carbocycles. The molecule has 3 nitrogen and oxygen atoms in total. The Morgan fingerprint density at radius 1 is 0.722 bits per heavy atom. The second-order valence-corrected chi connectivity index (χ2v) is 6.32. The highest BCUT2D eigenvalue weighted by molar-refractivity contribution is 5.08. The highest BCUT2D eigenvalue weighted by atomic mass is 15.4. The Bertz CT molecular complexity index is 251. The topological polar surface area (TPSA) is 30.3 Å².